The molecule has 1 aromatic heterocycles. The van der Waals surface area contributed by atoms with Gasteiger partial charge in [-0.05, 0) is 12.1 Å². The number of hydrogen-bond acceptors (Lipinski definition) is 6. The van der Waals surface area contributed by atoms with Crippen molar-refractivity contribution < 1.29 is 4.79 Å². The molecule has 124 valence electrons. The van der Waals surface area contributed by atoms with Gasteiger partial charge in [0, 0.05) is 24.5 Å². The van der Waals surface area contributed by atoms with Crippen LogP contribution in [0.4, 0.5) is 16.3 Å². The average molecular weight is 342 g/mol. The minimum Gasteiger partial charge on any atom is -0.341 e. The number of nitrogens with zero attached hydrogens (tertiary/aromatic N) is 5. The molecule has 1 aromatic carbocycles. The Morgan fingerprint density at radius 1 is 1.19 bits per heavy atom. The van der Waals surface area contributed by atoms with E-state index in [1.807, 2.05) is 24.3 Å². The largest absolute Gasteiger partial charge is 0.341 e. The zero-order chi connectivity index (χ0) is 18.9. The van der Waals surface area contributed by atoms with Gasteiger partial charge < -0.3 is 20.5 Å². The Labute approximate surface area is 148 Å². The number of hydrogen-bond donors (Lipinski definition) is 3. The average Bonchev–Trinajstić information content (AvgIpc) is 3.04. The fraction of sp³-hybridized carbons (Fsp3) is 0.118. The van der Waals surface area contributed by atoms with Gasteiger partial charge in [0.15, 0.2) is 0 Å². The molecule has 3 rings (SSSR count). The van der Waals surface area contributed by atoms with Gasteiger partial charge in [-0.25, -0.2) is 4.79 Å². The maximum absolute atomic E-state index is 11.6. The molecule has 0 unspecified atom stereocenters. The molecule has 1 aliphatic heterocycles. The molecule has 9 nitrogen and oxygen atoms in total. The second-order valence-corrected chi connectivity index (χ2v) is 5.39. The zero-order valence-electron chi connectivity index (χ0n) is 13.5. The topological polar surface area (TPSA) is 153 Å². The van der Waals surface area contributed by atoms with Crippen LogP contribution in [0.15, 0.2) is 24.4 Å². The minimum atomic E-state index is -1.73. The Kier molecular flexibility index (Phi) is 3.70. The van der Waals surface area contributed by atoms with Gasteiger partial charge in [-0.2, -0.15) is 21.0 Å². The number of rotatable bonds is 1. The molecule has 2 heterocycles. The minimum absolute atomic E-state index is 0.0395. The number of carbonyl (C=O) groups excluding carboxylic acids is 1. The lowest BCUT2D eigenvalue weighted by molar-refractivity contribution is 0.254. The van der Waals surface area contributed by atoms with Crippen molar-refractivity contribution in [3.05, 3.63) is 41.1 Å². The van der Waals surface area contributed by atoms with Crippen LogP contribution in [-0.4, -0.2) is 17.6 Å². The summed E-state index contributed by atoms with van der Waals surface area (Å²) in [5, 5.41) is 45.7. The lowest BCUT2D eigenvalue weighted by Crippen LogP contribution is -2.37. The van der Waals surface area contributed by atoms with E-state index in [0.29, 0.717) is 16.9 Å². The van der Waals surface area contributed by atoms with Crippen LogP contribution in [0.5, 0.6) is 0 Å². The molecule has 2 amide bonds. The molecule has 2 aromatic rings. The van der Waals surface area contributed by atoms with Crippen LogP contribution in [0.3, 0.4) is 0 Å². The molecular formula is C17H10N8O. The van der Waals surface area contributed by atoms with Crippen LogP contribution in [0.25, 0.3) is 5.69 Å². The van der Waals surface area contributed by atoms with Gasteiger partial charge in [-0.3, -0.25) is 0 Å². The van der Waals surface area contributed by atoms with Gasteiger partial charge in [0.25, 0.3) is 0 Å². The Balaban J connectivity index is 2.31. The molecule has 0 bridgehead atoms. The summed E-state index contributed by atoms with van der Waals surface area (Å²) in [7, 11) is 1.47. The van der Waals surface area contributed by atoms with E-state index in [0.717, 1.165) is 0 Å². The van der Waals surface area contributed by atoms with Crippen LogP contribution in [0, 0.1) is 45.3 Å². The first-order valence-electron chi connectivity index (χ1n) is 7.33. The molecule has 9 heteroatoms. The number of benzene rings is 1. The molecule has 26 heavy (non-hydrogen) atoms. The Morgan fingerprint density at radius 2 is 1.92 bits per heavy atom. The van der Waals surface area contributed by atoms with Crippen molar-refractivity contribution >= 4 is 17.5 Å². The summed E-state index contributed by atoms with van der Waals surface area (Å²) in [5.74, 6) is 0.178. The first-order chi connectivity index (χ1) is 12.5. The molecule has 0 saturated carbocycles. The van der Waals surface area contributed by atoms with E-state index in [1.54, 1.807) is 18.2 Å². The van der Waals surface area contributed by atoms with E-state index in [-0.39, 0.29) is 16.9 Å². The molecule has 0 fully saturated rings. The number of carbonyl (C=O) groups is 1. The van der Waals surface area contributed by atoms with Crippen LogP contribution in [0.1, 0.15) is 16.7 Å². The maximum Gasteiger partial charge on any atom is 0.318 e. The summed E-state index contributed by atoms with van der Waals surface area (Å²) in [6, 6.07) is 12.0. The number of urea groups is 1. The molecule has 0 aliphatic carbocycles. The van der Waals surface area contributed by atoms with Gasteiger partial charge in [0.1, 0.15) is 35.7 Å². The van der Waals surface area contributed by atoms with Crippen molar-refractivity contribution in [2.75, 3.05) is 17.7 Å². The van der Waals surface area contributed by atoms with E-state index in [4.69, 9.17) is 0 Å². The highest BCUT2D eigenvalue weighted by Gasteiger charge is 2.41. The Bertz CT molecular complexity index is 1090. The number of nitrogens with one attached hydrogen (secondary N) is 3. The van der Waals surface area contributed by atoms with Crippen molar-refractivity contribution in [2.45, 2.75) is 5.54 Å². The van der Waals surface area contributed by atoms with Crippen molar-refractivity contribution in [2.24, 2.45) is 0 Å². The smallest absolute Gasteiger partial charge is 0.318 e. The van der Waals surface area contributed by atoms with Gasteiger partial charge in [0.05, 0.1) is 11.3 Å². The number of fused-ring (bicyclic) bond motifs is 3. The van der Waals surface area contributed by atoms with E-state index >= 15 is 0 Å². The van der Waals surface area contributed by atoms with E-state index < -0.39 is 11.6 Å². The standard InChI is InChI=1S/C17H10N8O/c1-22-16(26)23-11-2-3-13-14(4-11)25-7-10(5-18)12(6-19)15(25)24-17(13,8-20)9-21/h2-4,7,24H,1H3,(H2,22,23,26). The zero-order valence-corrected chi connectivity index (χ0v) is 13.5. The number of anilines is 2. The summed E-state index contributed by atoms with van der Waals surface area (Å²) in [4.78, 5) is 11.6. The van der Waals surface area contributed by atoms with Crippen LogP contribution in [0.2, 0.25) is 0 Å². The van der Waals surface area contributed by atoms with Gasteiger partial charge in [0.2, 0.25) is 5.54 Å². The normalized spacial score (nSPS) is 12.7. The summed E-state index contributed by atoms with van der Waals surface area (Å²) >= 11 is 0. The lowest BCUT2D eigenvalue weighted by atomic mass is 9.89. The summed E-state index contributed by atoms with van der Waals surface area (Å²) in [6.45, 7) is 0. The van der Waals surface area contributed by atoms with Crippen LogP contribution < -0.4 is 16.0 Å². The molecular weight excluding hydrogens is 332 g/mol. The van der Waals surface area contributed by atoms with E-state index in [1.165, 1.54) is 17.8 Å². The third-order valence-electron chi connectivity index (χ3n) is 4.03. The maximum atomic E-state index is 11.6. The SMILES string of the molecule is CNC(=O)Nc1ccc2c(c1)-n1cc(C#N)c(C#N)c1NC2(C#N)C#N. The van der Waals surface area contributed by atoms with Crippen LogP contribution in [-0.2, 0) is 5.54 Å². The molecule has 3 N–H and O–H groups in total. The molecule has 0 radical (unpaired) electrons. The first-order valence-corrected chi connectivity index (χ1v) is 7.33. The second-order valence-electron chi connectivity index (χ2n) is 5.39. The molecule has 0 spiro atoms. The second kappa shape index (κ2) is 5.87. The summed E-state index contributed by atoms with van der Waals surface area (Å²) < 4.78 is 1.52. The molecule has 0 atom stereocenters. The van der Waals surface area contributed by atoms with Gasteiger partial charge >= 0.3 is 6.03 Å². The highest BCUT2D eigenvalue weighted by atomic mass is 16.2. The lowest BCUT2D eigenvalue weighted by Gasteiger charge is -2.31. The van der Waals surface area contributed by atoms with Crippen molar-refractivity contribution in [1.82, 2.24) is 9.88 Å². The van der Waals surface area contributed by atoms with Crippen molar-refractivity contribution in [3.8, 4) is 30.0 Å². The summed E-state index contributed by atoms with van der Waals surface area (Å²) in [5.41, 5.74) is -0.398. The number of aromatic nitrogens is 1. The third kappa shape index (κ3) is 2.17. The summed E-state index contributed by atoms with van der Waals surface area (Å²) in [6.07, 6.45) is 1.45. The first kappa shape index (κ1) is 16.4. The van der Waals surface area contributed by atoms with Crippen LogP contribution >= 0.6 is 0 Å². The highest BCUT2D eigenvalue weighted by molar-refractivity contribution is 5.90. The number of amides is 2. The van der Waals surface area contributed by atoms with Gasteiger partial charge in [-0.15, -0.1) is 0 Å². The fourth-order valence-electron chi connectivity index (χ4n) is 2.78. The number of nitriles is 4. The highest BCUT2D eigenvalue weighted by Crippen LogP contribution is 2.41. The third-order valence-corrected chi connectivity index (χ3v) is 4.03. The van der Waals surface area contributed by atoms with E-state index in [2.05, 4.69) is 16.0 Å². The fourth-order valence-corrected chi connectivity index (χ4v) is 2.78. The van der Waals surface area contributed by atoms with Crippen molar-refractivity contribution in [3.63, 3.8) is 0 Å². The molecule has 1 aliphatic rings. The van der Waals surface area contributed by atoms with Crippen molar-refractivity contribution in [1.29, 1.82) is 21.0 Å². The molecule has 0 saturated heterocycles. The van der Waals surface area contributed by atoms with E-state index in [9.17, 15) is 25.8 Å². The Morgan fingerprint density at radius 3 is 2.50 bits per heavy atom. The predicted octanol–water partition coefficient (Wildman–Crippen LogP) is 1.64. The Hall–Kier alpha value is -4.47. The monoisotopic (exact) mass is 342 g/mol. The quantitative estimate of drug-likeness (QED) is 0.716. The predicted molar refractivity (Wildman–Crippen MR) is 89.8 cm³/mol. The van der Waals surface area contributed by atoms with Gasteiger partial charge in [-0.1, -0.05) is 6.07 Å².